The van der Waals surface area contributed by atoms with Crippen molar-refractivity contribution in [3.63, 3.8) is 0 Å². The van der Waals surface area contributed by atoms with Gasteiger partial charge in [0.2, 0.25) is 5.91 Å². The Bertz CT molecular complexity index is 965. The van der Waals surface area contributed by atoms with Crippen LogP contribution in [0.5, 0.6) is 0 Å². The molecule has 0 unspecified atom stereocenters. The zero-order chi connectivity index (χ0) is 24.8. The van der Waals surface area contributed by atoms with Gasteiger partial charge in [-0.15, -0.1) is 0 Å². The van der Waals surface area contributed by atoms with Gasteiger partial charge in [-0.2, -0.15) is 0 Å². The molecule has 1 aromatic heterocycles. The predicted molar refractivity (Wildman–Crippen MR) is 134 cm³/mol. The molecule has 0 atom stereocenters. The van der Waals surface area contributed by atoms with Crippen molar-refractivity contribution in [3.8, 4) is 0 Å². The quantitative estimate of drug-likeness (QED) is 0.562. The molecule has 0 radical (unpaired) electrons. The number of carbonyl (C=O) groups excluding carboxylic acids is 2. The highest BCUT2D eigenvalue weighted by Gasteiger charge is 2.34. The zero-order valence-electron chi connectivity index (χ0n) is 20.4. The van der Waals surface area contributed by atoms with E-state index in [4.69, 9.17) is 4.74 Å². The van der Waals surface area contributed by atoms with Gasteiger partial charge < -0.3 is 14.5 Å². The van der Waals surface area contributed by atoms with Crippen LogP contribution < -0.4 is 10.0 Å². The first-order valence-electron chi connectivity index (χ1n) is 12.7. The number of thiazole rings is 1. The predicted octanol–water partition coefficient (Wildman–Crippen LogP) is 3.03. The van der Waals surface area contributed by atoms with E-state index in [1.807, 2.05) is 4.90 Å². The minimum atomic E-state index is -3.91. The van der Waals surface area contributed by atoms with Crippen LogP contribution in [0.2, 0.25) is 0 Å². The number of morpholine rings is 1. The number of hydrogen-bond donors (Lipinski definition) is 2. The van der Waals surface area contributed by atoms with Crippen molar-refractivity contribution in [1.29, 1.82) is 0 Å². The van der Waals surface area contributed by atoms with Crippen LogP contribution in [-0.4, -0.2) is 80.1 Å². The maximum atomic E-state index is 13.4. The molecule has 3 aliphatic rings. The molecule has 2 aliphatic carbocycles. The molecule has 10 nitrogen and oxygen atoms in total. The van der Waals surface area contributed by atoms with Crippen molar-refractivity contribution in [1.82, 2.24) is 19.5 Å². The number of ether oxygens (including phenoxy) is 1. The number of urea groups is 1. The van der Waals surface area contributed by atoms with E-state index in [1.54, 1.807) is 4.90 Å². The number of sulfonamides is 1. The molecule has 0 spiro atoms. The molecule has 12 heteroatoms. The topological polar surface area (TPSA) is 121 Å². The Labute approximate surface area is 211 Å². The molecule has 1 aromatic rings. The molecule has 0 bridgehead atoms. The van der Waals surface area contributed by atoms with Gasteiger partial charge in [0, 0.05) is 25.2 Å². The Balaban J connectivity index is 1.38. The molecule has 3 fully saturated rings. The average Bonchev–Trinajstić information content (AvgIpc) is 3.35. The number of nitrogens with one attached hydrogen (secondary N) is 2. The van der Waals surface area contributed by atoms with E-state index in [0.717, 1.165) is 62.7 Å². The van der Waals surface area contributed by atoms with Crippen LogP contribution in [0.15, 0.2) is 10.4 Å². The Hall–Kier alpha value is -1.76. The standard InChI is InChI=1S/C23H37N5O5S2/c1-17-7-9-19(10-8-17)28(18-5-3-2-4-6-18)23(30)26-22-24-16-21(34-22)35(31,32)25-15-20(29)27-11-13-33-14-12-27/h16-19,25H,2-15H2,1H3,(H,24,26,30). The fourth-order valence-corrected chi connectivity index (χ4v) is 7.30. The zero-order valence-corrected chi connectivity index (χ0v) is 22.0. The van der Waals surface area contributed by atoms with Crippen LogP contribution in [0.25, 0.3) is 0 Å². The third kappa shape index (κ3) is 6.93. The Morgan fingerprint density at radius 2 is 1.74 bits per heavy atom. The van der Waals surface area contributed by atoms with Crippen molar-refractivity contribution in [2.75, 3.05) is 38.2 Å². The summed E-state index contributed by atoms with van der Waals surface area (Å²) in [4.78, 5) is 33.4. The SMILES string of the molecule is CC1CCC(N(C(=O)Nc2ncc(S(=O)(=O)NCC(=O)N3CCOCC3)s2)C2CCCCC2)CC1. The van der Waals surface area contributed by atoms with Crippen LogP contribution >= 0.6 is 11.3 Å². The van der Waals surface area contributed by atoms with Crippen molar-refractivity contribution in [3.05, 3.63) is 6.20 Å². The van der Waals surface area contributed by atoms with Gasteiger partial charge in [0.1, 0.15) is 0 Å². The lowest BCUT2D eigenvalue weighted by Gasteiger charge is -2.42. The van der Waals surface area contributed by atoms with E-state index in [0.29, 0.717) is 32.2 Å². The van der Waals surface area contributed by atoms with Crippen molar-refractivity contribution >= 4 is 38.4 Å². The molecule has 0 aromatic carbocycles. The number of nitrogens with zero attached hydrogens (tertiary/aromatic N) is 3. The van der Waals surface area contributed by atoms with Gasteiger partial charge in [-0.3, -0.25) is 10.1 Å². The van der Waals surface area contributed by atoms with Gasteiger partial charge >= 0.3 is 6.03 Å². The lowest BCUT2D eigenvalue weighted by atomic mass is 9.84. The van der Waals surface area contributed by atoms with E-state index in [9.17, 15) is 18.0 Å². The summed E-state index contributed by atoms with van der Waals surface area (Å²) in [6.07, 6.45) is 11.0. The molecule has 4 rings (SSSR count). The van der Waals surface area contributed by atoms with E-state index >= 15 is 0 Å². The molecular formula is C23H37N5O5S2. The second kappa shape index (κ2) is 12.0. The molecular weight excluding hydrogens is 490 g/mol. The molecule has 1 aliphatic heterocycles. The van der Waals surface area contributed by atoms with Gasteiger partial charge in [-0.05, 0) is 44.4 Å². The summed E-state index contributed by atoms with van der Waals surface area (Å²) < 4.78 is 33.0. The Kier molecular flexibility index (Phi) is 9.01. The van der Waals surface area contributed by atoms with Crippen molar-refractivity contribution in [2.24, 2.45) is 5.92 Å². The van der Waals surface area contributed by atoms with Crippen LogP contribution in [0, 0.1) is 5.92 Å². The summed E-state index contributed by atoms with van der Waals surface area (Å²) >= 11 is 0.901. The number of amides is 3. The summed E-state index contributed by atoms with van der Waals surface area (Å²) in [5.74, 6) is 0.400. The monoisotopic (exact) mass is 527 g/mol. The van der Waals surface area contributed by atoms with E-state index in [1.165, 1.54) is 12.6 Å². The molecule has 3 amide bonds. The van der Waals surface area contributed by atoms with Crippen LogP contribution in [0.4, 0.5) is 9.93 Å². The first-order chi connectivity index (χ1) is 16.8. The summed E-state index contributed by atoms with van der Waals surface area (Å²) in [5, 5.41) is 3.12. The van der Waals surface area contributed by atoms with Crippen molar-refractivity contribution in [2.45, 2.75) is 81.0 Å². The summed E-state index contributed by atoms with van der Waals surface area (Å²) in [6, 6.07) is 0.244. The average molecular weight is 528 g/mol. The van der Waals surface area contributed by atoms with E-state index in [2.05, 4.69) is 21.9 Å². The number of hydrogen-bond acceptors (Lipinski definition) is 7. The minimum absolute atomic E-state index is 0.0294. The van der Waals surface area contributed by atoms with Gasteiger partial charge in [0.25, 0.3) is 10.0 Å². The normalized spacial score (nSPS) is 24.2. The van der Waals surface area contributed by atoms with Gasteiger partial charge in [-0.25, -0.2) is 22.9 Å². The smallest absolute Gasteiger partial charge is 0.324 e. The van der Waals surface area contributed by atoms with Crippen LogP contribution in [-0.2, 0) is 19.6 Å². The first-order valence-corrected chi connectivity index (χ1v) is 15.0. The minimum Gasteiger partial charge on any atom is -0.378 e. The maximum Gasteiger partial charge on any atom is 0.324 e. The fourth-order valence-electron chi connectivity index (χ4n) is 5.26. The van der Waals surface area contributed by atoms with Gasteiger partial charge in [-0.1, -0.05) is 37.5 Å². The number of carbonyl (C=O) groups is 2. The molecule has 1 saturated heterocycles. The first kappa shape index (κ1) is 26.3. The highest BCUT2D eigenvalue weighted by atomic mass is 32.2. The summed E-state index contributed by atoms with van der Waals surface area (Å²) in [6.45, 7) is 3.75. The lowest BCUT2D eigenvalue weighted by molar-refractivity contribution is -0.133. The van der Waals surface area contributed by atoms with Gasteiger partial charge in [0.15, 0.2) is 9.34 Å². The Morgan fingerprint density at radius 3 is 2.43 bits per heavy atom. The molecule has 2 heterocycles. The number of anilines is 1. The molecule has 35 heavy (non-hydrogen) atoms. The fraction of sp³-hybridized carbons (Fsp3) is 0.783. The highest BCUT2D eigenvalue weighted by molar-refractivity contribution is 7.91. The summed E-state index contributed by atoms with van der Waals surface area (Å²) in [7, 11) is -3.91. The maximum absolute atomic E-state index is 13.4. The largest absolute Gasteiger partial charge is 0.378 e. The van der Waals surface area contributed by atoms with Crippen LogP contribution in [0.1, 0.15) is 64.7 Å². The molecule has 2 saturated carbocycles. The van der Waals surface area contributed by atoms with Crippen molar-refractivity contribution < 1.29 is 22.7 Å². The third-order valence-electron chi connectivity index (χ3n) is 7.32. The third-order valence-corrected chi connectivity index (χ3v) is 10.1. The second-order valence-electron chi connectivity index (χ2n) is 9.85. The van der Waals surface area contributed by atoms with Crippen LogP contribution in [0.3, 0.4) is 0 Å². The number of rotatable bonds is 7. The summed E-state index contributed by atoms with van der Waals surface area (Å²) in [5.41, 5.74) is 0. The van der Waals surface area contributed by atoms with E-state index < -0.39 is 10.0 Å². The lowest BCUT2D eigenvalue weighted by Crippen LogP contribution is -2.51. The second-order valence-corrected chi connectivity index (χ2v) is 12.9. The van der Waals surface area contributed by atoms with Gasteiger partial charge in [0.05, 0.1) is 26.0 Å². The molecule has 2 N–H and O–H groups in total. The van der Waals surface area contributed by atoms with E-state index in [-0.39, 0.29) is 39.9 Å². The number of aromatic nitrogens is 1. The molecule has 196 valence electrons. The Morgan fingerprint density at radius 1 is 1.09 bits per heavy atom. The highest BCUT2D eigenvalue weighted by Crippen LogP contribution is 2.33.